The van der Waals surface area contributed by atoms with Gasteiger partial charge in [-0.1, -0.05) is 38.1 Å². The first-order chi connectivity index (χ1) is 16.7. The summed E-state index contributed by atoms with van der Waals surface area (Å²) in [5, 5.41) is 27.1. The monoisotopic (exact) mass is 488 g/mol. The van der Waals surface area contributed by atoms with Gasteiger partial charge in [0, 0.05) is 30.5 Å². The van der Waals surface area contributed by atoms with Crippen molar-refractivity contribution >= 4 is 12.0 Å². The third-order valence-corrected chi connectivity index (χ3v) is 8.39. The molecule has 0 spiro atoms. The highest BCUT2D eigenvalue weighted by atomic mass is 16.6. The summed E-state index contributed by atoms with van der Waals surface area (Å²) < 4.78 is 11.1. The number of benzene rings is 1. The van der Waals surface area contributed by atoms with Crippen molar-refractivity contribution in [1.82, 2.24) is 10.6 Å². The molecule has 8 heteroatoms. The van der Waals surface area contributed by atoms with Crippen molar-refractivity contribution in [3.05, 3.63) is 42.5 Å². The van der Waals surface area contributed by atoms with E-state index in [1.807, 2.05) is 31.2 Å². The number of para-hydroxylation sites is 1. The molecule has 0 unspecified atom stereocenters. The third-order valence-electron chi connectivity index (χ3n) is 8.39. The van der Waals surface area contributed by atoms with Gasteiger partial charge in [-0.3, -0.25) is 4.79 Å². The molecule has 1 aromatic rings. The van der Waals surface area contributed by atoms with Gasteiger partial charge < -0.3 is 30.3 Å². The van der Waals surface area contributed by atoms with Crippen LogP contribution in [0.4, 0.5) is 4.79 Å². The lowest BCUT2D eigenvalue weighted by molar-refractivity contribution is -0.185. The molecule has 194 valence electrons. The van der Waals surface area contributed by atoms with Gasteiger partial charge in [0.25, 0.3) is 0 Å². The van der Waals surface area contributed by atoms with Crippen LogP contribution in [0.25, 0.3) is 0 Å². The second-order valence-electron chi connectivity index (χ2n) is 10.4. The summed E-state index contributed by atoms with van der Waals surface area (Å²) in [4.78, 5) is 25.2. The Labute approximate surface area is 208 Å². The third kappa shape index (κ3) is 5.64. The molecule has 0 heterocycles. The molecule has 8 nitrogen and oxygen atoms in total. The molecule has 0 radical (unpaired) electrons. The molecule has 0 aromatic heterocycles. The highest BCUT2D eigenvalue weighted by Gasteiger charge is 2.60. The van der Waals surface area contributed by atoms with Crippen LogP contribution >= 0.6 is 0 Å². The maximum atomic E-state index is 13.0. The summed E-state index contributed by atoms with van der Waals surface area (Å²) in [6.07, 6.45) is 2.66. The fourth-order valence-corrected chi connectivity index (χ4v) is 6.42. The standard InChI is InChI=1S/C27H40N2O6/c1-5-14-28-25(33)35-23-12-13-26(2)19(20(31)10-11-22(26)27(23,3)17-30)15-24(32)29-16-18-8-6-7-9-21(18)34-4/h5-9,19-20,22-23,30-31H,1,10-17H2,2-4H3,(H,28,33)(H,29,32)/t19-,20-,22+,23-,26+,27+/m1/s1. The van der Waals surface area contributed by atoms with Gasteiger partial charge in [0.2, 0.25) is 5.91 Å². The highest BCUT2D eigenvalue weighted by Crippen LogP contribution is 2.61. The van der Waals surface area contributed by atoms with Crippen LogP contribution in [-0.2, 0) is 16.1 Å². The van der Waals surface area contributed by atoms with Crippen LogP contribution in [-0.4, -0.2) is 54.7 Å². The SMILES string of the molecule is C=CCNC(=O)O[C@@H]1CC[C@]2(C)[C@H](CC[C@@H](O)[C@H]2CC(=O)NCc2ccccc2OC)[C@]1(C)CO. The number of methoxy groups -OCH3 is 1. The molecule has 0 aliphatic heterocycles. The number of carbonyl (C=O) groups excluding carboxylic acids is 2. The molecular formula is C27H40N2O6. The van der Waals surface area contributed by atoms with Crippen LogP contribution in [0, 0.1) is 22.7 Å². The molecule has 2 amide bonds. The molecule has 35 heavy (non-hydrogen) atoms. The zero-order valence-corrected chi connectivity index (χ0v) is 21.1. The van der Waals surface area contributed by atoms with Gasteiger partial charge in [0.15, 0.2) is 0 Å². The maximum Gasteiger partial charge on any atom is 0.407 e. The Hall–Kier alpha value is -2.58. The van der Waals surface area contributed by atoms with E-state index in [2.05, 4.69) is 24.1 Å². The molecule has 2 aliphatic carbocycles. The summed E-state index contributed by atoms with van der Waals surface area (Å²) in [5.74, 6) is 0.308. The van der Waals surface area contributed by atoms with Crippen molar-refractivity contribution in [2.45, 2.75) is 64.7 Å². The van der Waals surface area contributed by atoms with Crippen molar-refractivity contribution < 1.29 is 29.3 Å². The number of aliphatic hydroxyl groups excluding tert-OH is 2. The molecule has 1 aromatic carbocycles. The number of rotatable bonds is 9. The zero-order chi connectivity index (χ0) is 25.6. The molecule has 2 aliphatic rings. The molecule has 2 fully saturated rings. The largest absolute Gasteiger partial charge is 0.496 e. The average Bonchev–Trinajstić information content (AvgIpc) is 2.85. The topological polar surface area (TPSA) is 117 Å². The summed E-state index contributed by atoms with van der Waals surface area (Å²) >= 11 is 0. The fraction of sp³-hybridized carbons (Fsp3) is 0.630. The molecular weight excluding hydrogens is 448 g/mol. The Bertz CT molecular complexity index is 907. The van der Waals surface area contributed by atoms with Gasteiger partial charge in [-0.05, 0) is 49.0 Å². The van der Waals surface area contributed by atoms with Gasteiger partial charge in [0.1, 0.15) is 11.9 Å². The van der Waals surface area contributed by atoms with E-state index in [1.54, 1.807) is 13.2 Å². The molecule has 6 atom stereocenters. The lowest BCUT2D eigenvalue weighted by Crippen LogP contribution is -2.61. The van der Waals surface area contributed by atoms with Crippen LogP contribution in [0.2, 0.25) is 0 Å². The fourth-order valence-electron chi connectivity index (χ4n) is 6.42. The lowest BCUT2D eigenvalue weighted by atomic mass is 9.46. The smallest absolute Gasteiger partial charge is 0.407 e. The predicted octanol–water partition coefficient (Wildman–Crippen LogP) is 3.17. The normalized spacial score (nSPS) is 32.1. The van der Waals surface area contributed by atoms with Crippen molar-refractivity contribution in [3.8, 4) is 5.75 Å². The van der Waals surface area contributed by atoms with E-state index in [9.17, 15) is 19.8 Å². The van der Waals surface area contributed by atoms with E-state index < -0.39 is 23.7 Å². The Kier molecular flexibility index (Phi) is 8.83. The number of hydrogen-bond donors (Lipinski definition) is 4. The molecule has 4 N–H and O–H groups in total. The Balaban J connectivity index is 1.73. The van der Waals surface area contributed by atoms with Crippen LogP contribution in [0.3, 0.4) is 0 Å². The minimum atomic E-state index is -0.676. The quantitative estimate of drug-likeness (QED) is 0.397. The second kappa shape index (κ2) is 11.4. The van der Waals surface area contributed by atoms with Crippen LogP contribution in [0.5, 0.6) is 5.75 Å². The van der Waals surface area contributed by atoms with Gasteiger partial charge in [-0.25, -0.2) is 4.79 Å². The number of hydrogen-bond acceptors (Lipinski definition) is 6. The second-order valence-corrected chi connectivity index (χ2v) is 10.4. The highest BCUT2D eigenvalue weighted by molar-refractivity contribution is 5.76. The van der Waals surface area contributed by atoms with Gasteiger partial charge in [-0.15, -0.1) is 6.58 Å². The van der Waals surface area contributed by atoms with E-state index in [0.717, 1.165) is 5.56 Å². The van der Waals surface area contributed by atoms with E-state index in [0.29, 0.717) is 44.5 Å². The molecule has 3 rings (SSSR count). The van der Waals surface area contributed by atoms with Crippen molar-refractivity contribution in [2.75, 3.05) is 20.3 Å². The summed E-state index contributed by atoms with van der Waals surface area (Å²) in [6, 6.07) is 7.54. The van der Waals surface area contributed by atoms with E-state index in [4.69, 9.17) is 9.47 Å². The number of ether oxygens (including phenoxy) is 2. The Morgan fingerprint density at radius 1 is 1.20 bits per heavy atom. The van der Waals surface area contributed by atoms with Gasteiger partial charge >= 0.3 is 6.09 Å². The van der Waals surface area contributed by atoms with Crippen LogP contribution < -0.4 is 15.4 Å². The molecule has 0 bridgehead atoms. The number of alkyl carbamates (subject to hydrolysis) is 1. The van der Waals surface area contributed by atoms with Crippen molar-refractivity contribution in [3.63, 3.8) is 0 Å². The zero-order valence-electron chi connectivity index (χ0n) is 21.1. The Morgan fingerprint density at radius 3 is 2.63 bits per heavy atom. The molecule has 2 saturated carbocycles. The number of aliphatic hydroxyl groups is 2. The van der Waals surface area contributed by atoms with E-state index in [-0.39, 0.29) is 36.2 Å². The number of carbonyl (C=O) groups is 2. The molecule has 0 saturated heterocycles. The van der Waals surface area contributed by atoms with Crippen LogP contribution in [0.15, 0.2) is 36.9 Å². The number of fused-ring (bicyclic) bond motifs is 1. The van der Waals surface area contributed by atoms with Crippen molar-refractivity contribution in [1.29, 1.82) is 0 Å². The summed E-state index contributed by atoms with van der Waals surface area (Å²) in [5.41, 5.74) is -0.170. The number of amides is 2. The van der Waals surface area contributed by atoms with Crippen LogP contribution in [0.1, 0.15) is 51.5 Å². The van der Waals surface area contributed by atoms with Gasteiger partial charge in [0.05, 0.1) is 19.8 Å². The first kappa shape index (κ1) is 27.0. The minimum Gasteiger partial charge on any atom is -0.496 e. The minimum absolute atomic E-state index is 0.0126. The number of nitrogens with one attached hydrogen (secondary N) is 2. The van der Waals surface area contributed by atoms with Gasteiger partial charge in [-0.2, -0.15) is 0 Å². The first-order valence-electron chi connectivity index (χ1n) is 12.4. The predicted molar refractivity (Wildman–Crippen MR) is 133 cm³/mol. The average molecular weight is 489 g/mol. The first-order valence-corrected chi connectivity index (χ1v) is 12.4. The summed E-state index contributed by atoms with van der Waals surface area (Å²) in [6.45, 7) is 8.17. The Morgan fingerprint density at radius 2 is 1.94 bits per heavy atom. The maximum absolute atomic E-state index is 13.0. The summed E-state index contributed by atoms with van der Waals surface area (Å²) in [7, 11) is 1.60. The lowest BCUT2D eigenvalue weighted by Gasteiger charge is -2.60. The van der Waals surface area contributed by atoms with Crippen molar-refractivity contribution in [2.24, 2.45) is 22.7 Å². The van der Waals surface area contributed by atoms with E-state index in [1.165, 1.54) is 0 Å². The van der Waals surface area contributed by atoms with E-state index >= 15 is 0 Å².